The molecule has 0 saturated carbocycles. The molecule has 25 heavy (non-hydrogen) atoms. The number of rotatable bonds is 2. The molecule has 2 unspecified atom stereocenters. The van der Waals surface area contributed by atoms with Crippen LogP contribution in [-0.2, 0) is 16.6 Å². The number of carbonyl (C=O) groups is 2. The summed E-state index contributed by atoms with van der Waals surface area (Å²) in [5.74, 6) is -0.792. The maximum absolute atomic E-state index is 12.2. The first-order chi connectivity index (χ1) is 12.0. The normalized spacial score (nSPS) is 24.6. The van der Waals surface area contributed by atoms with Gasteiger partial charge in [-0.25, -0.2) is 0 Å². The number of piperazine rings is 1. The quantitative estimate of drug-likeness (QED) is 0.793. The van der Waals surface area contributed by atoms with Crippen molar-refractivity contribution < 1.29 is 9.59 Å². The zero-order valence-corrected chi connectivity index (χ0v) is 14.6. The average molecular weight is 341 g/mol. The van der Waals surface area contributed by atoms with Crippen molar-refractivity contribution in [1.29, 1.82) is 0 Å². The van der Waals surface area contributed by atoms with Crippen molar-refractivity contribution in [2.75, 3.05) is 24.5 Å². The largest absolute Gasteiger partial charge is 0.369 e. The van der Waals surface area contributed by atoms with Gasteiger partial charge in [-0.2, -0.15) is 5.10 Å². The average Bonchev–Trinajstić information content (AvgIpc) is 2.91. The van der Waals surface area contributed by atoms with Crippen LogP contribution < -0.4 is 15.5 Å². The number of amides is 2. The lowest BCUT2D eigenvalue weighted by Crippen LogP contribution is -2.49. The Balaban J connectivity index is 1.69. The number of piperidine rings is 1. The standard InChI is InChI=1S/C18H23N5O2/c1-11-10-23(8-7-19-11)12-3-4-13-15(9-12)22(2)21-17(13)14-5-6-16(24)20-18(14)25/h3-4,9,11,14,19H,5-8,10H2,1-2H3,(H,20,24,25). The first-order valence-corrected chi connectivity index (χ1v) is 8.81. The maximum Gasteiger partial charge on any atom is 0.235 e. The molecule has 2 aliphatic heterocycles. The highest BCUT2D eigenvalue weighted by Gasteiger charge is 2.31. The topological polar surface area (TPSA) is 79.3 Å². The minimum atomic E-state index is -0.355. The molecule has 1 aromatic carbocycles. The van der Waals surface area contributed by atoms with Crippen LogP contribution in [0.25, 0.3) is 10.9 Å². The molecule has 2 atom stereocenters. The van der Waals surface area contributed by atoms with E-state index < -0.39 is 0 Å². The molecule has 7 heteroatoms. The van der Waals surface area contributed by atoms with Crippen LogP contribution in [0.2, 0.25) is 0 Å². The number of benzene rings is 1. The van der Waals surface area contributed by atoms with Crippen LogP contribution in [0.4, 0.5) is 5.69 Å². The van der Waals surface area contributed by atoms with E-state index in [-0.39, 0.29) is 17.7 Å². The van der Waals surface area contributed by atoms with E-state index in [1.165, 1.54) is 5.69 Å². The molecule has 2 aromatic rings. The predicted octanol–water partition coefficient (Wildman–Crippen LogP) is 0.892. The van der Waals surface area contributed by atoms with Crippen LogP contribution in [0, 0.1) is 0 Å². The Kier molecular flexibility index (Phi) is 3.95. The van der Waals surface area contributed by atoms with Crippen LogP contribution >= 0.6 is 0 Å². The number of fused-ring (bicyclic) bond motifs is 1. The monoisotopic (exact) mass is 341 g/mol. The lowest BCUT2D eigenvalue weighted by Gasteiger charge is -2.33. The number of aromatic nitrogens is 2. The zero-order chi connectivity index (χ0) is 17.6. The van der Waals surface area contributed by atoms with E-state index in [2.05, 4.69) is 45.8 Å². The second-order valence-corrected chi connectivity index (χ2v) is 7.02. The van der Waals surface area contributed by atoms with Crippen molar-refractivity contribution in [1.82, 2.24) is 20.4 Å². The molecule has 0 spiro atoms. The highest BCUT2D eigenvalue weighted by atomic mass is 16.2. The van der Waals surface area contributed by atoms with Gasteiger partial charge in [0.1, 0.15) is 0 Å². The molecular formula is C18H23N5O2. The minimum Gasteiger partial charge on any atom is -0.369 e. The zero-order valence-electron chi connectivity index (χ0n) is 14.6. The van der Waals surface area contributed by atoms with Gasteiger partial charge in [-0.15, -0.1) is 0 Å². The van der Waals surface area contributed by atoms with E-state index in [1.54, 1.807) is 0 Å². The van der Waals surface area contributed by atoms with Crippen molar-refractivity contribution in [3.63, 3.8) is 0 Å². The first-order valence-electron chi connectivity index (χ1n) is 8.81. The van der Waals surface area contributed by atoms with Crippen molar-refractivity contribution in [3.05, 3.63) is 23.9 Å². The molecule has 0 bridgehead atoms. The Morgan fingerprint density at radius 3 is 2.88 bits per heavy atom. The van der Waals surface area contributed by atoms with Crippen molar-refractivity contribution in [3.8, 4) is 0 Å². The van der Waals surface area contributed by atoms with Gasteiger partial charge in [0.2, 0.25) is 11.8 Å². The van der Waals surface area contributed by atoms with Gasteiger partial charge < -0.3 is 10.2 Å². The molecule has 4 rings (SSSR count). The summed E-state index contributed by atoms with van der Waals surface area (Å²) in [6, 6.07) is 6.78. The van der Waals surface area contributed by atoms with Crippen LogP contribution in [0.1, 0.15) is 31.4 Å². The van der Waals surface area contributed by atoms with Gasteiger partial charge in [-0.3, -0.25) is 19.6 Å². The number of hydrogen-bond acceptors (Lipinski definition) is 5. The lowest BCUT2D eigenvalue weighted by atomic mass is 9.93. The molecule has 3 heterocycles. The third-order valence-corrected chi connectivity index (χ3v) is 5.17. The summed E-state index contributed by atoms with van der Waals surface area (Å²) >= 11 is 0. The van der Waals surface area contributed by atoms with Gasteiger partial charge in [0, 0.05) is 50.2 Å². The van der Waals surface area contributed by atoms with Crippen LogP contribution in [0.3, 0.4) is 0 Å². The summed E-state index contributed by atoms with van der Waals surface area (Å²) < 4.78 is 1.84. The molecule has 2 fully saturated rings. The van der Waals surface area contributed by atoms with Crippen LogP contribution in [0.5, 0.6) is 0 Å². The predicted molar refractivity (Wildman–Crippen MR) is 95.5 cm³/mol. The van der Waals surface area contributed by atoms with E-state index in [9.17, 15) is 9.59 Å². The summed E-state index contributed by atoms with van der Waals surface area (Å²) in [5.41, 5.74) is 2.96. The smallest absolute Gasteiger partial charge is 0.235 e. The molecule has 0 aliphatic carbocycles. The summed E-state index contributed by atoms with van der Waals surface area (Å²) in [6.45, 7) is 5.12. The molecule has 2 saturated heterocycles. The molecule has 0 radical (unpaired) electrons. The number of nitrogens with zero attached hydrogens (tertiary/aromatic N) is 3. The lowest BCUT2D eigenvalue weighted by molar-refractivity contribution is -0.134. The Morgan fingerprint density at radius 2 is 2.12 bits per heavy atom. The molecular weight excluding hydrogens is 318 g/mol. The van der Waals surface area contributed by atoms with Gasteiger partial charge in [-0.1, -0.05) is 0 Å². The Labute approximate surface area is 146 Å². The Hall–Kier alpha value is -2.41. The fourth-order valence-electron chi connectivity index (χ4n) is 3.85. The van der Waals surface area contributed by atoms with Gasteiger partial charge in [0.15, 0.2) is 0 Å². The first kappa shape index (κ1) is 16.1. The van der Waals surface area contributed by atoms with Crippen molar-refractivity contribution in [2.24, 2.45) is 7.05 Å². The molecule has 7 nitrogen and oxygen atoms in total. The van der Waals surface area contributed by atoms with E-state index in [0.29, 0.717) is 18.9 Å². The number of anilines is 1. The van der Waals surface area contributed by atoms with E-state index >= 15 is 0 Å². The number of aryl methyl sites for hydroxylation is 1. The van der Waals surface area contributed by atoms with Crippen molar-refractivity contribution >= 4 is 28.4 Å². The minimum absolute atomic E-state index is 0.198. The number of nitrogens with one attached hydrogen (secondary N) is 2. The Morgan fingerprint density at radius 1 is 1.28 bits per heavy atom. The maximum atomic E-state index is 12.2. The number of imide groups is 1. The molecule has 2 aliphatic rings. The number of hydrogen-bond donors (Lipinski definition) is 2. The van der Waals surface area contributed by atoms with E-state index in [4.69, 9.17) is 0 Å². The van der Waals surface area contributed by atoms with E-state index in [1.807, 2.05) is 11.7 Å². The fraction of sp³-hybridized carbons (Fsp3) is 0.500. The second-order valence-electron chi connectivity index (χ2n) is 7.02. The van der Waals surface area contributed by atoms with Gasteiger partial charge in [0.25, 0.3) is 0 Å². The second kappa shape index (κ2) is 6.15. The highest BCUT2D eigenvalue weighted by Crippen LogP contribution is 2.32. The molecule has 132 valence electrons. The SMILES string of the molecule is CC1CN(c2ccc3c(C4CCC(=O)NC4=O)nn(C)c3c2)CCN1. The van der Waals surface area contributed by atoms with Gasteiger partial charge in [-0.05, 0) is 31.5 Å². The third-order valence-electron chi connectivity index (χ3n) is 5.17. The molecule has 2 N–H and O–H groups in total. The number of carbonyl (C=O) groups excluding carboxylic acids is 2. The summed E-state index contributed by atoms with van der Waals surface area (Å²) in [4.78, 5) is 26.0. The molecule has 2 amide bonds. The van der Waals surface area contributed by atoms with E-state index in [0.717, 1.165) is 36.2 Å². The summed E-state index contributed by atoms with van der Waals surface area (Å²) in [5, 5.41) is 11.5. The van der Waals surface area contributed by atoms with Crippen LogP contribution in [0.15, 0.2) is 18.2 Å². The van der Waals surface area contributed by atoms with Crippen LogP contribution in [-0.4, -0.2) is 47.3 Å². The third kappa shape index (κ3) is 2.89. The van der Waals surface area contributed by atoms with Gasteiger partial charge in [0.05, 0.1) is 17.1 Å². The molecule has 1 aromatic heterocycles. The van der Waals surface area contributed by atoms with Gasteiger partial charge >= 0.3 is 0 Å². The summed E-state index contributed by atoms with van der Waals surface area (Å²) in [7, 11) is 1.90. The summed E-state index contributed by atoms with van der Waals surface area (Å²) in [6.07, 6.45) is 0.888. The Bertz CT molecular complexity index is 843. The fourth-order valence-corrected chi connectivity index (χ4v) is 3.85. The van der Waals surface area contributed by atoms with Crippen molar-refractivity contribution in [2.45, 2.75) is 31.7 Å². The highest BCUT2D eigenvalue weighted by molar-refractivity contribution is 6.02.